The van der Waals surface area contributed by atoms with E-state index in [2.05, 4.69) is 15.3 Å². The van der Waals surface area contributed by atoms with Crippen LogP contribution in [0.25, 0.3) is 0 Å². The van der Waals surface area contributed by atoms with Gasteiger partial charge in [-0.05, 0) is 43.5 Å². The number of hydrogen-bond acceptors (Lipinski definition) is 4. The molecule has 0 saturated carbocycles. The first-order valence-corrected chi connectivity index (χ1v) is 10.2. The summed E-state index contributed by atoms with van der Waals surface area (Å²) < 4.78 is 0. The number of nitrogens with zero attached hydrogens (tertiary/aromatic N) is 2. The largest absolute Gasteiger partial charge is 0.349 e. The summed E-state index contributed by atoms with van der Waals surface area (Å²) in [5.41, 5.74) is 4.71. The van der Waals surface area contributed by atoms with E-state index in [9.17, 15) is 9.59 Å². The normalized spacial score (nSPS) is 17.2. The Morgan fingerprint density at radius 2 is 1.87 bits per heavy atom. The van der Waals surface area contributed by atoms with Crippen molar-refractivity contribution in [3.63, 3.8) is 0 Å². The zero-order valence-corrected chi connectivity index (χ0v) is 17.5. The number of rotatable bonds is 5. The van der Waals surface area contributed by atoms with E-state index in [1.807, 2.05) is 74.2 Å². The molecule has 1 fully saturated rings. The van der Waals surface area contributed by atoms with E-state index in [0.717, 1.165) is 22.4 Å². The monoisotopic (exact) mass is 402 g/mol. The molecular weight excluding hydrogens is 376 g/mol. The standard InChI is InChI=1S/C24H26N4O2/c1-15-8-7-11-21(16(15)2)28-14-19(12-23(28)30)20-13-22(29)27-24(26-20)25-17(3)18-9-5-4-6-10-18/h4-11,13,17,19H,12,14H2,1-3H3,(H2,25,26,27,29). The fraction of sp³-hybridized carbons (Fsp3) is 0.292. The second-order valence-corrected chi connectivity index (χ2v) is 7.92. The quantitative estimate of drug-likeness (QED) is 0.674. The number of hydrogen-bond donors (Lipinski definition) is 2. The summed E-state index contributed by atoms with van der Waals surface area (Å²) in [5, 5.41) is 3.27. The van der Waals surface area contributed by atoms with Crippen LogP contribution in [0.5, 0.6) is 0 Å². The van der Waals surface area contributed by atoms with Gasteiger partial charge < -0.3 is 10.2 Å². The van der Waals surface area contributed by atoms with Crippen molar-refractivity contribution in [2.24, 2.45) is 0 Å². The van der Waals surface area contributed by atoms with Crippen LogP contribution in [0.1, 0.15) is 47.7 Å². The van der Waals surface area contributed by atoms with Crippen molar-refractivity contribution in [1.82, 2.24) is 9.97 Å². The molecule has 2 atom stereocenters. The minimum Gasteiger partial charge on any atom is -0.349 e. The molecule has 0 bridgehead atoms. The topological polar surface area (TPSA) is 78.1 Å². The number of nitrogens with one attached hydrogen (secondary N) is 2. The van der Waals surface area contributed by atoms with Gasteiger partial charge in [-0.25, -0.2) is 4.98 Å². The number of benzene rings is 2. The highest BCUT2D eigenvalue weighted by atomic mass is 16.2. The number of amides is 1. The van der Waals surface area contributed by atoms with Crippen molar-refractivity contribution in [3.8, 4) is 0 Å². The minimum absolute atomic E-state index is 0.0127. The lowest BCUT2D eigenvalue weighted by Crippen LogP contribution is -2.25. The molecule has 1 saturated heterocycles. The Hall–Kier alpha value is -3.41. The third-order valence-corrected chi connectivity index (χ3v) is 5.82. The van der Waals surface area contributed by atoms with Crippen molar-refractivity contribution in [2.45, 2.75) is 39.2 Å². The van der Waals surface area contributed by atoms with Crippen molar-refractivity contribution in [1.29, 1.82) is 0 Å². The average molecular weight is 402 g/mol. The highest BCUT2D eigenvalue weighted by Crippen LogP contribution is 2.33. The second-order valence-electron chi connectivity index (χ2n) is 7.92. The van der Waals surface area contributed by atoms with Gasteiger partial charge >= 0.3 is 0 Å². The molecule has 1 aromatic heterocycles. The summed E-state index contributed by atoms with van der Waals surface area (Å²) in [6.07, 6.45) is 0.345. The maximum absolute atomic E-state index is 12.8. The van der Waals surface area contributed by atoms with Crippen LogP contribution in [0, 0.1) is 13.8 Å². The van der Waals surface area contributed by atoms with Crippen LogP contribution >= 0.6 is 0 Å². The Balaban J connectivity index is 1.57. The number of carbonyl (C=O) groups excluding carboxylic acids is 1. The first-order valence-electron chi connectivity index (χ1n) is 10.2. The molecule has 2 N–H and O–H groups in total. The smallest absolute Gasteiger partial charge is 0.252 e. The van der Waals surface area contributed by atoms with Crippen molar-refractivity contribution in [2.75, 3.05) is 16.8 Å². The Labute approximate surface area is 176 Å². The molecule has 4 rings (SSSR count). The molecule has 1 amide bonds. The van der Waals surface area contributed by atoms with Gasteiger partial charge in [0.2, 0.25) is 11.9 Å². The SMILES string of the molecule is Cc1cccc(N2CC(c3cc(=O)[nH]c(NC(C)c4ccccc4)n3)CC2=O)c1C. The molecule has 2 unspecified atom stereocenters. The van der Waals surface area contributed by atoms with Gasteiger partial charge in [-0.3, -0.25) is 14.6 Å². The van der Waals surface area contributed by atoms with E-state index in [-0.39, 0.29) is 23.4 Å². The number of carbonyl (C=O) groups is 1. The minimum atomic E-state index is -0.222. The molecule has 2 heterocycles. The Morgan fingerprint density at radius 3 is 2.63 bits per heavy atom. The first-order chi connectivity index (χ1) is 14.4. The lowest BCUT2D eigenvalue weighted by Gasteiger charge is -2.20. The average Bonchev–Trinajstić information content (AvgIpc) is 3.12. The van der Waals surface area contributed by atoms with E-state index in [4.69, 9.17) is 0 Å². The molecule has 0 spiro atoms. The molecule has 30 heavy (non-hydrogen) atoms. The first kappa shape index (κ1) is 19.9. The zero-order chi connectivity index (χ0) is 21.3. The summed E-state index contributed by atoms with van der Waals surface area (Å²) in [5.74, 6) is 0.363. The summed E-state index contributed by atoms with van der Waals surface area (Å²) >= 11 is 0. The van der Waals surface area contributed by atoms with Gasteiger partial charge in [0.25, 0.3) is 5.56 Å². The second kappa shape index (κ2) is 8.14. The molecule has 1 aliphatic rings. The summed E-state index contributed by atoms with van der Waals surface area (Å²) in [7, 11) is 0. The lowest BCUT2D eigenvalue weighted by molar-refractivity contribution is -0.117. The van der Waals surface area contributed by atoms with Gasteiger partial charge in [0.05, 0.1) is 11.7 Å². The molecular formula is C24H26N4O2. The van der Waals surface area contributed by atoms with Gasteiger partial charge in [-0.15, -0.1) is 0 Å². The van der Waals surface area contributed by atoms with Crippen LogP contribution in [0.4, 0.5) is 11.6 Å². The molecule has 2 aromatic carbocycles. The van der Waals surface area contributed by atoms with Crippen LogP contribution < -0.4 is 15.8 Å². The van der Waals surface area contributed by atoms with Gasteiger partial charge in [0.1, 0.15) is 0 Å². The maximum atomic E-state index is 12.8. The lowest BCUT2D eigenvalue weighted by atomic mass is 10.0. The predicted octanol–water partition coefficient (Wildman–Crippen LogP) is 4.08. The number of aromatic nitrogens is 2. The molecule has 3 aromatic rings. The number of aromatic amines is 1. The molecule has 6 nitrogen and oxygen atoms in total. The summed E-state index contributed by atoms with van der Waals surface area (Å²) in [6, 6.07) is 17.5. The van der Waals surface area contributed by atoms with E-state index >= 15 is 0 Å². The highest BCUT2D eigenvalue weighted by molar-refractivity contribution is 5.97. The molecule has 0 aliphatic carbocycles. The third kappa shape index (κ3) is 3.99. The number of anilines is 2. The fourth-order valence-electron chi connectivity index (χ4n) is 3.95. The van der Waals surface area contributed by atoms with Gasteiger partial charge in [-0.1, -0.05) is 42.5 Å². The Bertz CT molecular complexity index is 1120. The predicted molar refractivity (Wildman–Crippen MR) is 119 cm³/mol. The summed E-state index contributed by atoms with van der Waals surface area (Å²) in [6.45, 7) is 6.61. The zero-order valence-electron chi connectivity index (χ0n) is 17.5. The third-order valence-electron chi connectivity index (χ3n) is 5.82. The van der Waals surface area contributed by atoms with Crippen molar-refractivity contribution >= 4 is 17.5 Å². The van der Waals surface area contributed by atoms with Crippen LogP contribution in [-0.2, 0) is 4.79 Å². The summed E-state index contributed by atoms with van der Waals surface area (Å²) in [4.78, 5) is 34.3. The van der Waals surface area contributed by atoms with Crippen LogP contribution in [-0.4, -0.2) is 22.4 Å². The molecule has 6 heteroatoms. The fourth-order valence-corrected chi connectivity index (χ4v) is 3.95. The van der Waals surface area contributed by atoms with Crippen molar-refractivity contribution < 1.29 is 4.79 Å². The van der Waals surface area contributed by atoms with Crippen LogP contribution in [0.15, 0.2) is 59.4 Å². The maximum Gasteiger partial charge on any atom is 0.252 e. The van der Waals surface area contributed by atoms with E-state index in [1.165, 1.54) is 6.07 Å². The van der Waals surface area contributed by atoms with E-state index in [0.29, 0.717) is 24.6 Å². The number of aryl methyl sites for hydroxylation is 1. The number of H-pyrrole nitrogens is 1. The Kier molecular flexibility index (Phi) is 5.40. The van der Waals surface area contributed by atoms with Crippen molar-refractivity contribution in [3.05, 3.63) is 87.3 Å². The van der Waals surface area contributed by atoms with Gasteiger partial charge in [-0.2, -0.15) is 0 Å². The Morgan fingerprint density at radius 1 is 1.10 bits per heavy atom. The molecule has 0 radical (unpaired) electrons. The molecule has 154 valence electrons. The highest BCUT2D eigenvalue weighted by Gasteiger charge is 2.33. The van der Waals surface area contributed by atoms with Crippen LogP contribution in [0.3, 0.4) is 0 Å². The van der Waals surface area contributed by atoms with Gasteiger partial charge in [0.15, 0.2) is 0 Å². The van der Waals surface area contributed by atoms with E-state index < -0.39 is 0 Å². The van der Waals surface area contributed by atoms with E-state index in [1.54, 1.807) is 0 Å². The van der Waals surface area contributed by atoms with Gasteiger partial charge in [0, 0.05) is 30.6 Å². The molecule has 1 aliphatic heterocycles. The van der Waals surface area contributed by atoms with Crippen LogP contribution in [0.2, 0.25) is 0 Å².